The second-order valence-electron chi connectivity index (χ2n) is 7.28. The second kappa shape index (κ2) is 8.40. The molecule has 2 aliphatic carbocycles. The van der Waals surface area contributed by atoms with Gasteiger partial charge >= 0.3 is 151 Å². The molecule has 2 aliphatic rings. The minimum absolute atomic E-state index is 0. The van der Waals surface area contributed by atoms with Crippen LogP contribution in [0.5, 0.6) is 0 Å². The van der Waals surface area contributed by atoms with Crippen LogP contribution in [0.25, 0.3) is 11.1 Å². The fourth-order valence-corrected chi connectivity index (χ4v) is 10.2. The van der Waals surface area contributed by atoms with Gasteiger partial charge in [0, 0.05) is 0 Å². The van der Waals surface area contributed by atoms with E-state index in [-0.39, 0.29) is 24.8 Å². The van der Waals surface area contributed by atoms with E-state index in [1.165, 1.54) is 22.3 Å². The van der Waals surface area contributed by atoms with Gasteiger partial charge in [0.1, 0.15) is 0 Å². The topological polar surface area (TPSA) is 0 Å². The van der Waals surface area contributed by atoms with Gasteiger partial charge in [-0.2, -0.15) is 0 Å². The Morgan fingerprint density at radius 2 is 1.08 bits per heavy atom. The van der Waals surface area contributed by atoms with Gasteiger partial charge in [-0.1, -0.05) is 0 Å². The van der Waals surface area contributed by atoms with Gasteiger partial charge in [0.15, 0.2) is 0 Å². The average Bonchev–Trinajstić information content (AvgIpc) is 3.08. The van der Waals surface area contributed by atoms with Crippen molar-refractivity contribution in [2.75, 3.05) is 0 Å². The number of halogens is 2. The Balaban J connectivity index is 0.00000121. The molecule has 3 heteroatoms. The molecule has 134 valence electrons. The minimum Gasteiger partial charge on any atom is -1.00 e. The van der Waals surface area contributed by atoms with Crippen LogP contribution in [0.15, 0.2) is 60.7 Å². The number of benzene rings is 2. The van der Waals surface area contributed by atoms with E-state index in [0.29, 0.717) is 8.45 Å². The molecule has 2 aromatic rings. The molecule has 4 rings (SSSR count). The average molecular weight is 419 g/mol. The summed E-state index contributed by atoms with van der Waals surface area (Å²) in [6.45, 7) is 9.32. The van der Waals surface area contributed by atoms with E-state index >= 15 is 0 Å². The third-order valence-electron chi connectivity index (χ3n) is 5.52. The van der Waals surface area contributed by atoms with Crippen LogP contribution in [0.4, 0.5) is 0 Å². The Bertz CT molecular complexity index is 848. The predicted molar refractivity (Wildman–Crippen MR) is 102 cm³/mol. The summed E-state index contributed by atoms with van der Waals surface area (Å²) in [4.78, 5) is 0. The molecule has 0 spiro atoms. The largest absolute Gasteiger partial charge is 1.00 e. The maximum atomic E-state index is 2.57. The first-order chi connectivity index (χ1) is 11.6. The maximum absolute atomic E-state index is 2.57. The fraction of sp³-hybridized carbons (Fsp3) is 0.261. The molecule has 0 bridgehead atoms. The van der Waals surface area contributed by atoms with Crippen molar-refractivity contribution in [3.05, 3.63) is 82.9 Å². The Morgan fingerprint density at radius 3 is 1.46 bits per heavy atom. The van der Waals surface area contributed by atoms with Crippen molar-refractivity contribution < 1.29 is 42.2 Å². The SMILES string of the molecule is CC1=C[CH]([Ti+2](=[C](C)C)[CH]2C=C(C)c3ccccc32)c2ccccc21.[Cl-].[Cl-]. The minimum atomic E-state index is -1.54. The summed E-state index contributed by atoms with van der Waals surface area (Å²) >= 11 is -1.54. The third kappa shape index (κ3) is 3.46. The van der Waals surface area contributed by atoms with E-state index in [1.807, 2.05) is 0 Å². The molecule has 0 fully saturated rings. The molecule has 0 heterocycles. The summed E-state index contributed by atoms with van der Waals surface area (Å²) in [6.07, 6.45) is 5.13. The number of rotatable bonds is 2. The standard InChI is InChI=1S/2C10H9.C3H6.2ClH.Ti/c2*1-8-6-7-9-4-2-3-5-10(8)9;1-3-2;;;/h2*2-7H,1H3;1-2H3;2*1H;/q;;;;;+2/p-2. The van der Waals surface area contributed by atoms with Crippen LogP contribution in [-0.2, 0) is 17.4 Å². The van der Waals surface area contributed by atoms with Crippen molar-refractivity contribution in [1.29, 1.82) is 0 Å². The molecule has 2 unspecified atom stereocenters. The molecule has 0 radical (unpaired) electrons. The van der Waals surface area contributed by atoms with Crippen molar-refractivity contribution in [2.45, 2.75) is 36.1 Å². The summed E-state index contributed by atoms with van der Waals surface area (Å²) in [5.74, 6) is 0. The number of allylic oxidation sites excluding steroid dienone is 4. The Labute approximate surface area is 175 Å². The first kappa shape index (κ1) is 21.4. The summed E-state index contributed by atoms with van der Waals surface area (Å²) in [5.41, 5.74) is 9.02. The third-order valence-corrected chi connectivity index (χ3v) is 10.9. The van der Waals surface area contributed by atoms with Gasteiger partial charge in [-0.3, -0.25) is 0 Å². The van der Waals surface area contributed by atoms with E-state index < -0.39 is 17.4 Å². The van der Waals surface area contributed by atoms with Gasteiger partial charge in [0.25, 0.3) is 0 Å². The van der Waals surface area contributed by atoms with Crippen molar-refractivity contribution >= 4 is 15.0 Å². The summed E-state index contributed by atoms with van der Waals surface area (Å²) in [5, 5.41) is 0. The van der Waals surface area contributed by atoms with E-state index in [4.69, 9.17) is 0 Å². The molecule has 0 amide bonds. The van der Waals surface area contributed by atoms with E-state index in [1.54, 1.807) is 14.9 Å². The zero-order chi connectivity index (χ0) is 16.8. The predicted octanol–water partition coefficient (Wildman–Crippen LogP) is 0.141. The van der Waals surface area contributed by atoms with Gasteiger partial charge in [0.05, 0.1) is 0 Å². The van der Waals surface area contributed by atoms with Crippen LogP contribution in [0.3, 0.4) is 0 Å². The number of hydrogen-bond acceptors (Lipinski definition) is 0. The van der Waals surface area contributed by atoms with Gasteiger partial charge in [-0.15, -0.1) is 0 Å². The quantitative estimate of drug-likeness (QED) is 0.608. The van der Waals surface area contributed by atoms with Gasteiger partial charge in [0.2, 0.25) is 0 Å². The Morgan fingerprint density at radius 1 is 0.692 bits per heavy atom. The van der Waals surface area contributed by atoms with Crippen molar-refractivity contribution in [3.8, 4) is 0 Å². The van der Waals surface area contributed by atoms with E-state index in [9.17, 15) is 0 Å². The second-order valence-corrected chi connectivity index (χ2v) is 12.2. The molecule has 0 saturated heterocycles. The normalized spacial score (nSPS) is 19.0. The molecule has 2 atom stereocenters. The maximum Gasteiger partial charge on any atom is -1.00 e. The molecular weight excluding hydrogens is 395 g/mol. The smallest absolute Gasteiger partial charge is 1.00 e. The molecule has 0 saturated carbocycles. The van der Waals surface area contributed by atoms with Gasteiger partial charge in [-0.25, -0.2) is 0 Å². The molecule has 0 aliphatic heterocycles. The number of fused-ring (bicyclic) bond motifs is 2. The molecule has 2 aromatic carbocycles. The van der Waals surface area contributed by atoms with E-state index in [0.717, 1.165) is 0 Å². The Kier molecular flexibility index (Phi) is 6.91. The molecule has 0 N–H and O–H groups in total. The molecule has 26 heavy (non-hydrogen) atoms. The van der Waals surface area contributed by atoms with Crippen LogP contribution in [-0.4, -0.2) is 3.81 Å². The molecule has 0 aromatic heterocycles. The van der Waals surface area contributed by atoms with Gasteiger partial charge in [-0.05, 0) is 0 Å². The molecular formula is C23H24Cl2Ti. The Hall–Kier alpha value is -0.916. The summed E-state index contributed by atoms with van der Waals surface area (Å²) in [7, 11) is 0. The zero-order valence-corrected chi connectivity index (χ0v) is 18.8. The number of hydrogen-bond donors (Lipinski definition) is 0. The monoisotopic (exact) mass is 418 g/mol. The van der Waals surface area contributed by atoms with E-state index in [2.05, 4.69) is 88.4 Å². The summed E-state index contributed by atoms with van der Waals surface area (Å²) < 4.78 is 2.98. The van der Waals surface area contributed by atoms with Crippen LogP contribution < -0.4 is 24.8 Å². The van der Waals surface area contributed by atoms with Crippen LogP contribution >= 0.6 is 0 Å². The summed E-state index contributed by atoms with van der Waals surface area (Å²) in [6, 6.07) is 18.1. The first-order valence-electron chi connectivity index (χ1n) is 8.80. The van der Waals surface area contributed by atoms with Crippen LogP contribution in [0.2, 0.25) is 0 Å². The van der Waals surface area contributed by atoms with Crippen molar-refractivity contribution in [2.24, 2.45) is 0 Å². The van der Waals surface area contributed by atoms with Crippen molar-refractivity contribution in [3.63, 3.8) is 0 Å². The zero-order valence-electron chi connectivity index (χ0n) is 15.7. The van der Waals surface area contributed by atoms with Gasteiger partial charge < -0.3 is 24.8 Å². The first-order valence-corrected chi connectivity index (χ1v) is 11.4. The fourth-order valence-electron chi connectivity index (χ4n) is 4.44. The van der Waals surface area contributed by atoms with Crippen LogP contribution in [0, 0.1) is 0 Å². The molecule has 0 nitrogen and oxygen atoms in total. The van der Waals surface area contributed by atoms with Crippen LogP contribution in [0.1, 0.15) is 58.4 Å². The van der Waals surface area contributed by atoms with Crippen molar-refractivity contribution in [1.82, 2.24) is 0 Å².